The summed E-state index contributed by atoms with van der Waals surface area (Å²) in [4.78, 5) is 21.5. The first-order chi connectivity index (χ1) is 13.8. The lowest BCUT2D eigenvalue weighted by molar-refractivity contribution is -0.117. The Kier molecular flexibility index (Phi) is 4.93. The molecule has 0 unspecified atom stereocenters. The lowest BCUT2D eigenvalue weighted by Gasteiger charge is -2.10. The number of thiazole rings is 1. The van der Waals surface area contributed by atoms with Crippen LogP contribution in [0.3, 0.4) is 0 Å². The fourth-order valence-corrected chi connectivity index (χ4v) is 4.84. The molecule has 2 heterocycles. The SMILES string of the molecule is Cc1nc(-c2cccc(NC(=O)[C@H](C)N=C3NS(=O)(=O)c4ccccc43)c2)cs1. The number of sulfonamides is 1. The standard InChI is InChI=1S/C20H18N4O3S2/c1-12(21-19-16-8-3-4-9-18(16)29(26,27)24-19)20(25)23-15-7-5-6-14(10-15)17-11-28-13(2)22-17/h3-12H,1-2H3,(H,21,24)(H,23,25)/t12-/m0/s1. The number of aliphatic imine (C=N–C) groups is 1. The highest BCUT2D eigenvalue weighted by Crippen LogP contribution is 2.25. The van der Waals surface area contributed by atoms with Crippen molar-refractivity contribution >= 4 is 38.8 Å². The monoisotopic (exact) mass is 426 g/mol. The van der Waals surface area contributed by atoms with Crippen molar-refractivity contribution in [3.8, 4) is 11.3 Å². The van der Waals surface area contributed by atoms with Gasteiger partial charge < -0.3 is 5.32 Å². The topological polar surface area (TPSA) is 101 Å². The Labute approximate surface area is 172 Å². The van der Waals surface area contributed by atoms with Gasteiger partial charge in [-0.1, -0.05) is 24.3 Å². The summed E-state index contributed by atoms with van der Waals surface area (Å²) in [5.41, 5.74) is 2.85. The van der Waals surface area contributed by atoms with E-state index in [9.17, 15) is 13.2 Å². The molecule has 1 atom stereocenters. The minimum Gasteiger partial charge on any atom is -0.324 e. The first kappa shape index (κ1) is 19.3. The third-order valence-corrected chi connectivity index (χ3v) is 6.58. The molecular weight excluding hydrogens is 408 g/mol. The van der Waals surface area contributed by atoms with Gasteiger partial charge in [-0.3, -0.25) is 14.5 Å². The molecule has 1 aliphatic heterocycles. The van der Waals surface area contributed by atoms with Crippen molar-refractivity contribution in [2.75, 3.05) is 5.32 Å². The third kappa shape index (κ3) is 3.92. The van der Waals surface area contributed by atoms with Crippen LogP contribution in [0.15, 0.2) is 63.8 Å². The number of nitrogens with one attached hydrogen (secondary N) is 2. The molecule has 4 rings (SSSR count). The van der Waals surface area contributed by atoms with Crippen LogP contribution in [-0.4, -0.2) is 31.2 Å². The number of anilines is 1. The molecular formula is C20H18N4O3S2. The summed E-state index contributed by atoms with van der Waals surface area (Å²) in [6, 6.07) is 13.2. The van der Waals surface area contributed by atoms with Crippen LogP contribution in [0.25, 0.3) is 11.3 Å². The smallest absolute Gasteiger partial charge is 0.263 e. The van der Waals surface area contributed by atoms with Gasteiger partial charge in [-0.25, -0.2) is 13.4 Å². The van der Waals surface area contributed by atoms with Gasteiger partial charge in [0.05, 0.1) is 15.6 Å². The first-order valence-electron chi connectivity index (χ1n) is 8.87. The second-order valence-corrected chi connectivity index (χ2v) is 9.29. The average molecular weight is 427 g/mol. The highest BCUT2D eigenvalue weighted by atomic mass is 32.2. The highest BCUT2D eigenvalue weighted by molar-refractivity contribution is 7.90. The third-order valence-electron chi connectivity index (χ3n) is 4.41. The molecule has 0 saturated heterocycles. The van der Waals surface area contributed by atoms with Crippen LogP contribution in [0.4, 0.5) is 5.69 Å². The van der Waals surface area contributed by atoms with Crippen molar-refractivity contribution in [1.29, 1.82) is 0 Å². The van der Waals surface area contributed by atoms with Crippen LogP contribution in [0, 0.1) is 6.92 Å². The summed E-state index contributed by atoms with van der Waals surface area (Å²) < 4.78 is 26.8. The minimum atomic E-state index is -3.64. The maximum atomic E-state index is 12.6. The van der Waals surface area contributed by atoms with E-state index >= 15 is 0 Å². The number of amides is 1. The fraction of sp³-hybridized carbons (Fsp3) is 0.150. The molecule has 148 valence electrons. The number of hydrogen-bond donors (Lipinski definition) is 2. The van der Waals surface area contributed by atoms with E-state index in [2.05, 4.69) is 20.0 Å². The summed E-state index contributed by atoms with van der Waals surface area (Å²) in [6.07, 6.45) is 0. The molecule has 0 radical (unpaired) electrons. The number of hydrogen-bond acceptors (Lipinski definition) is 6. The Morgan fingerprint density at radius 2 is 2.00 bits per heavy atom. The molecule has 9 heteroatoms. The number of amidine groups is 1. The summed E-state index contributed by atoms with van der Waals surface area (Å²) in [7, 11) is -3.64. The highest BCUT2D eigenvalue weighted by Gasteiger charge is 2.31. The number of nitrogens with zero attached hydrogens (tertiary/aromatic N) is 2. The minimum absolute atomic E-state index is 0.164. The Morgan fingerprint density at radius 3 is 2.76 bits per heavy atom. The van der Waals surface area contributed by atoms with E-state index in [-0.39, 0.29) is 16.6 Å². The Balaban J connectivity index is 1.53. The lowest BCUT2D eigenvalue weighted by atomic mass is 10.1. The maximum absolute atomic E-state index is 12.6. The fourth-order valence-electron chi connectivity index (χ4n) is 2.98. The number of rotatable bonds is 4. The molecule has 1 amide bonds. The van der Waals surface area contributed by atoms with E-state index < -0.39 is 16.1 Å². The van der Waals surface area contributed by atoms with Crippen LogP contribution in [0.1, 0.15) is 17.5 Å². The Morgan fingerprint density at radius 1 is 1.21 bits per heavy atom. The van der Waals surface area contributed by atoms with Gasteiger partial charge in [-0.15, -0.1) is 11.3 Å². The van der Waals surface area contributed by atoms with Gasteiger partial charge in [-0.05, 0) is 38.1 Å². The molecule has 3 aromatic rings. The van der Waals surface area contributed by atoms with E-state index in [4.69, 9.17) is 0 Å². The summed E-state index contributed by atoms with van der Waals surface area (Å²) >= 11 is 1.56. The van der Waals surface area contributed by atoms with Crippen LogP contribution in [-0.2, 0) is 14.8 Å². The normalized spacial score (nSPS) is 16.8. The van der Waals surface area contributed by atoms with Gasteiger partial charge in [0.1, 0.15) is 11.9 Å². The van der Waals surface area contributed by atoms with Crippen molar-refractivity contribution in [3.05, 3.63) is 64.5 Å². The predicted octanol–water partition coefficient (Wildman–Crippen LogP) is 3.18. The van der Waals surface area contributed by atoms with Gasteiger partial charge >= 0.3 is 0 Å². The van der Waals surface area contributed by atoms with Crippen molar-refractivity contribution < 1.29 is 13.2 Å². The molecule has 2 N–H and O–H groups in total. The zero-order valence-electron chi connectivity index (χ0n) is 15.7. The predicted molar refractivity (Wildman–Crippen MR) is 114 cm³/mol. The van der Waals surface area contributed by atoms with E-state index in [1.54, 1.807) is 42.5 Å². The summed E-state index contributed by atoms with van der Waals surface area (Å²) in [5, 5.41) is 5.77. The molecule has 0 bridgehead atoms. The molecule has 0 fully saturated rings. The second kappa shape index (κ2) is 7.41. The zero-order chi connectivity index (χ0) is 20.6. The van der Waals surface area contributed by atoms with E-state index in [1.165, 1.54) is 6.07 Å². The number of carbonyl (C=O) groups excluding carboxylic acids is 1. The van der Waals surface area contributed by atoms with Gasteiger partial charge in [0.2, 0.25) is 5.91 Å². The van der Waals surface area contributed by atoms with Gasteiger partial charge in [0.25, 0.3) is 10.0 Å². The molecule has 29 heavy (non-hydrogen) atoms. The second-order valence-electron chi connectivity index (χ2n) is 6.58. The van der Waals surface area contributed by atoms with Crippen LogP contribution in [0.5, 0.6) is 0 Å². The Hall–Kier alpha value is -3.04. The molecule has 0 spiro atoms. The van der Waals surface area contributed by atoms with Crippen LogP contribution in [0.2, 0.25) is 0 Å². The molecule has 1 aliphatic rings. The van der Waals surface area contributed by atoms with Crippen molar-refractivity contribution in [3.63, 3.8) is 0 Å². The van der Waals surface area contributed by atoms with Crippen LogP contribution < -0.4 is 10.0 Å². The largest absolute Gasteiger partial charge is 0.324 e. The van der Waals surface area contributed by atoms with E-state index in [0.29, 0.717) is 11.3 Å². The number of aryl methyl sites for hydroxylation is 1. The van der Waals surface area contributed by atoms with Gasteiger partial charge in [-0.2, -0.15) is 0 Å². The zero-order valence-corrected chi connectivity index (χ0v) is 17.3. The van der Waals surface area contributed by atoms with Gasteiger partial charge in [0.15, 0.2) is 0 Å². The molecule has 1 aromatic heterocycles. The summed E-state index contributed by atoms with van der Waals surface area (Å²) in [6.45, 7) is 3.56. The van der Waals surface area contributed by atoms with Crippen molar-refractivity contribution in [1.82, 2.24) is 9.71 Å². The lowest BCUT2D eigenvalue weighted by Crippen LogP contribution is -2.28. The van der Waals surface area contributed by atoms with Crippen LogP contribution >= 0.6 is 11.3 Å². The maximum Gasteiger partial charge on any atom is 0.263 e. The summed E-state index contributed by atoms with van der Waals surface area (Å²) in [5.74, 6) is -0.164. The number of fused-ring (bicyclic) bond motifs is 1. The van der Waals surface area contributed by atoms with E-state index in [1.807, 2.05) is 30.5 Å². The number of carbonyl (C=O) groups is 1. The Bertz CT molecular complexity index is 1230. The molecule has 2 aromatic carbocycles. The first-order valence-corrected chi connectivity index (χ1v) is 11.2. The van der Waals surface area contributed by atoms with Crippen molar-refractivity contribution in [2.24, 2.45) is 4.99 Å². The average Bonchev–Trinajstić information content (AvgIpc) is 3.23. The quantitative estimate of drug-likeness (QED) is 0.669. The molecule has 0 saturated carbocycles. The molecule has 7 nitrogen and oxygen atoms in total. The van der Waals surface area contributed by atoms with Gasteiger partial charge in [0, 0.05) is 22.2 Å². The van der Waals surface area contributed by atoms with Crippen molar-refractivity contribution in [2.45, 2.75) is 24.8 Å². The van der Waals surface area contributed by atoms with E-state index in [0.717, 1.165) is 16.3 Å². The molecule has 0 aliphatic carbocycles. The number of aromatic nitrogens is 1. The number of benzene rings is 2.